The van der Waals surface area contributed by atoms with Gasteiger partial charge in [-0.2, -0.15) is 0 Å². The SMILES string of the molecule is O=C(O)c1ccc(Cl)cc1Oc1cc(F)ccc1F. The van der Waals surface area contributed by atoms with Gasteiger partial charge in [-0.3, -0.25) is 0 Å². The fourth-order valence-corrected chi connectivity index (χ4v) is 1.59. The lowest BCUT2D eigenvalue weighted by Gasteiger charge is -2.10. The van der Waals surface area contributed by atoms with Crippen LogP contribution in [0.4, 0.5) is 8.78 Å². The van der Waals surface area contributed by atoms with Gasteiger partial charge in [0, 0.05) is 17.2 Å². The topological polar surface area (TPSA) is 46.5 Å². The molecular formula is C13H7ClF2O3. The number of hydrogen-bond acceptors (Lipinski definition) is 2. The molecule has 6 heteroatoms. The van der Waals surface area contributed by atoms with Crippen LogP contribution in [0.25, 0.3) is 0 Å². The van der Waals surface area contributed by atoms with Crippen molar-refractivity contribution < 1.29 is 23.4 Å². The van der Waals surface area contributed by atoms with E-state index in [1.807, 2.05) is 0 Å². The van der Waals surface area contributed by atoms with Crippen LogP contribution in [0.15, 0.2) is 36.4 Å². The van der Waals surface area contributed by atoms with Crippen LogP contribution in [0.1, 0.15) is 10.4 Å². The van der Waals surface area contributed by atoms with E-state index in [1.165, 1.54) is 18.2 Å². The summed E-state index contributed by atoms with van der Waals surface area (Å²) in [5, 5.41) is 9.19. The molecule has 2 rings (SSSR count). The van der Waals surface area contributed by atoms with Crippen LogP contribution in [0.2, 0.25) is 5.02 Å². The van der Waals surface area contributed by atoms with E-state index in [9.17, 15) is 13.6 Å². The lowest BCUT2D eigenvalue weighted by atomic mass is 10.2. The lowest BCUT2D eigenvalue weighted by molar-refractivity contribution is 0.0694. The number of carboxylic acid groups (broad SMARTS) is 1. The minimum atomic E-state index is -1.26. The molecule has 0 aliphatic rings. The number of ether oxygens (including phenoxy) is 1. The Kier molecular flexibility index (Phi) is 3.66. The van der Waals surface area contributed by atoms with Crippen molar-refractivity contribution >= 4 is 17.6 Å². The normalized spacial score (nSPS) is 10.3. The van der Waals surface area contributed by atoms with Crippen LogP contribution < -0.4 is 4.74 Å². The van der Waals surface area contributed by atoms with Crippen molar-refractivity contribution in [2.24, 2.45) is 0 Å². The lowest BCUT2D eigenvalue weighted by Crippen LogP contribution is -2.00. The molecule has 0 amide bonds. The highest BCUT2D eigenvalue weighted by Crippen LogP contribution is 2.30. The van der Waals surface area contributed by atoms with E-state index in [-0.39, 0.29) is 16.3 Å². The van der Waals surface area contributed by atoms with E-state index in [0.29, 0.717) is 0 Å². The minimum absolute atomic E-state index is 0.162. The fraction of sp³-hybridized carbons (Fsp3) is 0. The molecule has 0 aliphatic carbocycles. The second-order valence-electron chi connectivity index (χ2n) is 3.62. The Labute approximate surface area is 112 Å². The van der Waals surface area contributed by atoms with Crippen molar-refractivity contribution in [1.82, 2.24) is 0 Å². The molecule has 0 unspecified atom stereocenters. The average Bonchev–Trinajstić information content (AvgIpc) is 2.33. The monoisotopic (exact) mass is 284 g/mol. The number of carbonyl (C=O) groups is 1. The van der Waals surface area contributed by atoms with Gasteiger partial charge in [0.2, 0.25) is 0 Å². The molecule has 2 aromatic rings. The molecule has 0 spiro atoms. The van der Waals surface area contributed by atoms with Crippen LogP contribution in [-0.4, -0.2) is 11.1 Å². The highest BCUT2D eigenvalue weighted by molar-refractivity contribution is 6.30. The van der Waals surface area contributed by atoms with E-state index < -0.39 is 23.4 Å². The standard InChI is InChI=1S/C13H7ClF2O3/c14-7-1-3-9(13(17)18)11(5-7)19-12-6-8(15)2-4-10(12)16/h1-6H,(H,17,18). The van der Waals surface area contributed by atoms with Gasteiger partial charge in [0.05, 0.1) is 0 Å². The summed E-state index contributed by atoms with van der Waals surface area (Å²) < 4.78 is 31.5. The first-order valence-electron chi connectivity index (χ1n) is 5.13. The van der Waals surface area contributed by atoms with Crippen molar-refractivity contribution in [3.05, 3.63) is 58.6 Å². The first kappa shape index (κ1) is 13.3. The molecule has 3 nitrogen and oxygen atoms in total. The molecular weight excluding hydrogens is 278 g/mol. The zero-order chi connectivity index (χ0) is 14.0. The first-order chi connectivity index (χ1) is 8.97. The third-order valence-electron chi connectivity index (χ3n) is 2.29. The van der Waals surface area contributed by atoms with E-state index in [1.54, 1.807) is 0 Å². The molecule has 2 aromatic carbocycles. The minimum Gasteiger partial charge on any atom is -0.478 e. The fourth-order valence-electron chi connectivity index (χ4n) is 1.43. The van der Waals surface area contributed by atoms with Gasteiger partial charge in [0.15, 0.2) is 11.6 Å². The molecule has 0 saturated heterocycles. The average molecular weight is 285 g/mol. The van der Waals surface area contributed by atoms with Crippen molar-refractivity contribution in [2.45, 2.75) is 0 Å². The summed E-state index contributed by atoms with van der Waals surface area (Å²) >= 11 is 5.72. The Morgan fingerprint density at radius 3 is 2.53 bits per heavy atom. The molecule has 98 valence electrons. The number of aromatic carboxylic acids is 1. The molecule has 0 heterocycles. The maximum Gasteiger partial charge on any atom is 0.339 e. The van der Waals surface area contributed by atoms with Gasteiger partial charge in [0.1, 0.15) is 17.1 Å². The van der Waals surface area contributed by atoms with Gasteiger partial charge in [-0.05, 0) is 24.3 Å². The smallest absolute Gasteiger partial charge is 0.339 e. The van der Waals surface area contributed by atoms with E-state index >= 15 is 0 Å². The summed E-state index contributed by atoms with van der Waals surface area (Å²) in [4.78, 5) is 11.0. The second kappa shape index (κ2) is 5.24. The van der Waals surface area contributed by atoms with Crippen molar-refractivity contribution in [2.75, 3.05) is 0 Å². The Balaban J connectivity index is 2.45. The highest BCUT2D eigenvalue weighted by Gasteiger charge is 2.14. The number of rotatable bonds is 3. The van der Waals surface area contributed by atoms with Crippen molar-refractivity contribution in [3.63, 3.8) is 0 Å². The number of hydrogen-bond donors (Lipinski definition) is 1. The molecule has 19 heavy (non-hydrogen) atoms. The molecule has 0 saturated carbocycles. The van der Waals surface area contributed by atoms with E-state index in [0.717, 1.165) is 18.2 Å². The maximum atomic E-state index is 13.4. The summed E-state index contributed by atoms with van der Waals surface area (Å²) in [5.41, 5.74) is -0.201. The molecule has 1 N–H and O–H groups in total. The van der Waals surface area contributed by atoms with Crippen LogP contribution in [-0.2, 0) is 0 Å². The summed E-state index contributed by atoms with van der Waals surface area (Å²) in [6, 6.07) is 6.43. The number of halogens is 3. The van der Waals surface area contributed by atoms with Gasteiger partial charge in [-0.15, -0.1) is 0 Å². The third kappa shape index (κ3) is 3.00. The van der Waals surface area contributed by atoms with Crippen LogP contribution >= 0.6 is 11.6 Å². The van der Waals surface area contributed by atoms with Crippen LogP contribution in [0, 0.1) is 11.6 Å². The third-order valence-corrected chi connectivity index (χ3v) is 2.52. The zero-order valence-electron chi connectivity index (χ0n) is 9.36. The van der Waals surface area contributed by atoms with Crippen molar-refractivity contribution in [3.8, 4) is 11.5 Å². The Bertz CT molecular complexity index is 644. The summed E-state index contributed by atoms with van der Waals surface area (Å²) in [5.74, 6) is -3.34. The highest BCUT2D eigenvalue weighted by atomic mass is 35.5. The summed E-state index contributed by atoms with van der Waals surface area (Å²) in [6.45, 7) is 0. The van der Waals surface area contributed by atoms with E-state index in [2.05, 4.69) is 0 Å². The number of carboxylic acids is 1. The van der Waals surface area contributed by atoms with Crippen LogP contribution in [0.3, 0.4) is 0 Å². The predicted molar refractivity (Wildman–Crippen MR) is 64.8 cm³/mol. The van der Waals surface area contributed by atoms with Gasteiger partial charge in [-0.1, -0.05) is 11.6 Å². The van der Waals surface area contributed by atoms with Crippen LogP contribution in [0.5, 0.6) is 11.5 Å². The zero-order valence-corrected chi connectivity index (χ0v) is 10.1. The predicted octanol–water partition coefficient (Wildman–Crippen LogP) is 4.11. The quantitative estimate of drug-likeness (QED) is 0.922. The molecule has 0 fully saturated rings. The van der Waals surface area contributed by atoms with Crippen molar-refractivity contribution in [1.29, 1.82) is 0 Å². The van der Waals surface area contributed by atoms with Gasteiger partial charge in [-0.25, -0.2) is 13.6 Å². The Hall–Kier alpha value is -2.14. The largest absolute Gasteiger partial charge is 0.478 e. The Morgan fingerprint density at radius 1 is 1.11 bits per heavy atom. The molecule has 0 atom stereocenters. The summed E-state index contributed by atoms with van der Waals surface area (Å²) in [7, 11) is 0. The molecule has 0 aliphatic heterocycles. The second-order valence-corrected chi connectivity index (χ2v) is 4.06. The van der Waals surface area contributed by atoms with Gasteiger partial charge < -0.3 is 9.84 Å². The molecule has 0 aromatic heterocycles. The first-order valence-corrected chi connectivity index (χ1v) is 5.51. The molecule has 0 radical (unpaired) electrons. The maximum absolute atomic E-state index is 13.4. The Morgan fingerprint density at radius 2 is 1.84 bits per heavy atom. The molecule has 0 bridgehead atoms. The summed E-state index contributed by atoms with van der Waals surface area (Å²) in [6.07, 6.45) is 0. The van der Waals surface area contributed by atoms with Gasteiger partial charge >= 0.3 is 5.97 Å². The van der Waals surface area contributed by atoms with Gasteiger partial charge in [0.25, 0.3) is 0 Å². The van der Waals surface area contributed by atoms with E-state index in [4.69, 9.17) is 21.4 Å². The number of benzene rings is 2.